The third-order valence-corrected chi connectivity index (χ3v) is 2.49. The summed E-state index contributed by atoms with van der Waals surface area (Å²) in [5.41, 5.74) is 0.475. The molecule has 4 nitrogen and oxygen atoms in total. The zero-order chi connectivity index (χ0) is 10.7. The van der Waals surface area contributed by atoms with Gasteiger partial charge in [-0.25, -0.2) is 4.98 Å². The highest BCUT2D eigenvalue weighted by atomic mass is 16.1. The fourth-order valence-electron chi connectivity index (χ4n) is 1.35. The Kier molecular flexibility index (Phi) is 2.85. The number of nitrogens with zero attached hydrogens (tertiary/aromatic N) is 1. The average molecular weight is 205 g/mol. The van der Waals surface area contributed by atoms with Gasteiger partial charge < -0.3 is 10.6 Å². The fourth-order valence-corrected chi connectivity index (χ4v) is 1.35. The van der Waals surface area contributed by atoms with Crippen LogP contribution in [-0.4, -0.2) is 24.5 Å². The molecule has 0 radical (unpaired) electrons. The summed E-state index contributed by atoms with van der Waals surface area (Å²) in [7, 11) is 1.79. The number of nitrogens with one attached hydrogen (secondary N) is 2. The van der Waals surface area contributed by atoms with Gasteiger partial charge in [-0.05, 0) is 30.9 Å². The summed E-state index contributed by atoms with van der Waals surface area (Å²) in [6.45, 7) is 0.782. The maximum absolute atomic E-state index is 11.6. The number of carbonyl (C=O) groups excluding carboxylic acids is 1. The second-order valence-corrected chi connectivity index (χ2v) is 3.81. The normalized spacial score (nSPS) is 14.7. The van der Waals surface area contributed by atoms with Crippen LogP contribution in [0.2, 0.25) is 0 Å². The molecule has 1 aliphatic carbocycles. The minimum atomic E-state index is -0.0843. The van der Waals surface area contributed by atoms with Crippen molar-refractivity contribution < 1.29 is 4.79 Å². The van der Waals surface area contributed by atoms with Gasteiger partial charge in [0.1, 0.15) is 11.5 Å². The number of pyridine rings is 1. The first kappa shape index (κ1) is 9.96. The van der Waals surface area contributed by atoms with Crippen LogP contribution in [0, 0.1) is 5.92 Å². The van der Waals surface area contributed by atoms with Gasteiger partial charge in [-0.2, -0.15) is 0 Å². The van der Waals surface area contributed by atoms with Gasteiger partial charge in [-0.15, -0.1) is 0 Å². The predicted octanol–water partition coefficient (Wildman–Crippen LogP) is 1.26. The van der Waals surface area contributed by atoms with Crippen molar-refractivity contribution >= 4 is 11.7 Å². The summed E-state index contributed by atoms with van der Waals surface area (Å²) in [6.07, 6.45) is 2.48. The zero-order valence-electron chi connectivity index (χ0n) is 8.79. The maximum atomic E-state index is 11.6. The average Bonchev–Trinajstić information content (AvgIpc) is 3.10. The van der Waals surface area contributed by atoms with E-state index >= 15 is 0 Å². The van der Waals surface area contributed by atoms with E-state index < -0.39 is 0 Å². The molecule has 80 valence electrons. The minimum Gasteiger partial charge on any atom is -0.373 e. The molecule has 1 saturated carbocycles. The highest BCUT2D eigenvalue weighted by Gasteiger charge is 2.22. The van der Waals surface area contributed by atoms with Gasteiger partial charge in [0.25, 0.3) is 5.91 Å². The summed E-state index contributed by atoms with van der Waals surface area (Å²) < 4.78 is 0. The first-order valence-electron chi connectivity index (χ1n) is 5.22. The molecule has 0 bridgehead atoms. The Hall–Kier alpha value is -1.58. The van der Waals surface area contributed by atoms with Crippen LogP contribution in [0.25, 0.3) is 0 Å². The van der Waals surface area contributed by atoms with Gasteiger partial charge in [0.2, 0.25) is 0 Å². The molecule has 2 rings (SSSR count). The van der Waals surface area contributed by atoms with Crippen molar-refractivity contribution in [3.63, 3.8) is 0 Å². The predicted molar refractivity (Wildman–Crippen MR) is 58.8 cm³/mol. The number of carbonyl (C=O) groups is 1. The Labute approximate surface area is 89.1 Å². The molecule has 0 aliphatic heterocycles. The molecule has 0 atom stereocenters. The number of rotatable bonds is 4. The first-order chi connectivity index (χ1) is 7.29. The van der Waals surface area contributed by atoms with Gasteiger partial charge in [0.15, 0.2) is 0 Å². The second-order valence-electron chi connectivity index (χ2n) is 3.81. The van der Waals surface area contributed by atoms with E-state index in [1.54, 1.807) is 13.1 Å². The molecule has 0 unspecified atom stereocenters. The largest absolute Gasteiger partial charge is 0.373 e. The summed E-state index contributed by atoms with van der Waals surface area (Å²) >= 11 is 0. The van der Waals surface area contributed by atoms with E-state index in [0.29, 0.717) is 17.4 Å². The van der Waals surface area contributed by atoms with Gasteiger partial charge in [0, 0.05) is 13.6 Å². The van der Waals surface area contributed by atoms with Crippen molar-refractivity contribution in [2.45, 2.75) is 12.8 Å². The highest BCUT2D eigenvalue weighted by Crippen LogP contribution is 2.27. The lowest BCUT2D eigenvalue weighted by Gasteiger charge is -2.04. The standard InChI is InChI=1S/C11H15N3O/c1-12-10-4-2-3-9(14-10)11(15)13-7-8-5-6-8/h2-4,8H,5-7H2,1H3,(H,12,14)(H,13,15). The van der Waals surface area contributed by atoms with Gasteiger partial charge in [0.05, 0.1) is 0 Å². The van der Waals surface area contributed by atoms with Crippen LogP contribution in [0.3, 0.4) is 0 Å². The van der Waals surface area contributed by atoms with Crippen LogP contribution in [0.1, 0.15) is 23.3 Å². The number of amides is 1. The summed E-state index contributed by atoms with van der Waals surface area (Å²) in [5.74, 6) is 1.33. The van der Waals surface area contributed by atoms with Crippen molar-refractivity contribution in [3.8, 4) is 0 Å². The van der Waals surface area contributed by atoms with E-state index in [9.17, 15) is 4.79 Å². The Morgan fingerprint density at radius 1 is 1.53 bits per heavy atom. The van der Waals surface area contributed by atoms with Crippen LogP contribution >= 0.6 is 0 Å². The lowest BCUT2D eigenvalue weighted by atomic mass is 10.3. The highest BCUT2D eigenvalue weighted by molar-refractivity contribution is 5.92. The molecule has 1 aliphatic rings. The molecule has 1 aromatic heterocycles. The molecule has 0 spiro atoms. The number of hydrogen-bond acceptors (Lipinski definition) is 3. The lowest BCUT2D eigenvalue weighted by Crippen LogP contribution is -2.26. The molecule has 4 heteroatoms. The SMILES string of the molecule is CNc1cccc(C(=O)NCC2CC2)n1. The van der Waals surface area contributed by atoms with Crippen molar-refractivity contribution in [1.82, 2.24) is 10.3 Å². The van der Waals surface area contributed by atoms with Crippen LogP contribution in [-0.2, 0) is 0 Å². The van der Waals surface area contributed by atoms with Crippen molar-refractivity contribution in [1.29, 1.82) is 0 Å². The van der Waals surface area contributed by atoms with E-state index in [1.165, 1.54) is 12.8 Å². The topological polar surface area (TPSA) is 54.0 Å². The number of hydrogen-bond donors (Lipinski definition) is 2. The molecule has 0 aromatic carbocycles. The number of anilines is 1. The smallest absolute Gasteiger partial charge is 0.269 e. The molecule has 1 heterocycles. The van der Waals surface area contributed by atoms with Gasteiger partial charge in [-0.3, -0.25) is 4.79 Å². The lowest BCUT2D eigenvalue weighted by molar-refractivity contribution is 0.0947. The monoisotopic (exact) mass is 205 g/mol. The van der Waals surface area contributed by atoms with Crippen LogP contribution < -0.4 is 10.6 Å². The Bertz CT molecular complexity index is 361. The minimum absolute atomic E-state index is 0.0843. The van der Waals surface area contributed by atoms with Crippen LogP contribution in [0.15, 0.2) is 18.2 Å². The van der Waals surface area contributed by atoms with Crippen LogP contribution in [0.4, 0.5) is 5.82 Å². The maximum Gasteiger partial charge on any atom is 0.269 e. The van der Waals surface area contributed by atoms with Crippen molar-refractivity contribution in [2.75, 3.05) is 18.9 Å². The Morgan fingerprint density at radius 3 is 3.00 bits per heavy atom. The van der Waals surface area contributed by atoms with E-state index in [-0.39, 0.29) is 5.91 Å². The van der Waals surface area contributed by atoms with Gasteiger partial charge in [-0.1, -0.05) is 6.07 Å². The van der Waals surface area contributed by atoms with Gasteiger partial charge >= 0.3 is 0 Å². The number of aromatic nitrogens is 1. The van der Waals surface area contributed by atoms with E-state index in [2.05, 4.69) is 15.6 Å². The third-order valence-electron chi connectivity index (χ3n) is 2.49. The molecule has 1 fully saturated rings. The molecule has 1 aromatic rings. The summed E-state index contributed by atoms with van der Waals surface area (Å²) in [4.78, 5) is 15.8. The van der Waals surface area contributed by atoms with E-state index in [1.807, 2.05) is 12.1 Å². The zero-order valence-corrected chi connectivity index (χ0v) is 8.79. The molecule has 15 heavy (non-hydrogen) atoms. The molecular weight excluding hydrogens is 190 g/mol. The Morgan fingerprint density at radius 2 is 2.33 bits per heavy atom. The molecule has 1 amide bonds. The van der Waals surface area contributed by atoms with E-state index in [4.69, 9.17) is 0 Å². The second kappa shape index (κ2) is 4.29. The molecule has 0 saturated heterocycles. The quantitative estimate of drug-likeness (QED) is 0.778. The summed E-state index contributed by atoms with van der Waals surface area (Å²) in [6, 6.07) is 5.38. The van der Waals surface area contributed by atoms with E-state index in [0.717, 1.165) is 6.54 Å². The fraction of sp³-hybridized carbons (Fsp3) is 0.455. The Balaban J connectivity index is 1.96. The molecular formula is C11H15N3O. The van der Waals surface area contributed by atoms with Crippen molar-refractivity contribution in [3.05, 3.63) is 23.9 Å². The van der Waals surface area contributed by atoms with Crippen molar-refractivity contribution in [2.24, 2.45) is 5.92 Å². The summed E-state index contributed by atoms with van der Waals surface area (Å²) in [5, 5.41) is 5.79. The first-order valence-corrected chi connectivity index (χ1v) is 5.22. The third kappa shape index (κ3) is 2.68. The van der Waals surface area contributed by atoms with Crippen LogP contribution in [0.5, 0.6) is 0 Å². The molecule has 2 N–H and O–H groups in total.